The highest BCUT2D eigenvalue weighted by atomic mass is 19.4. The quantitative estimate of drug-likeness (QED) is 0.506. The zero-order valence-corrected chi connectivity index (χ0v) is 19.1. The maximum atomic E-state index is 13.1. The fourth-order valence-electron chi connectivity index (χ4n) is 3.77. The van der Waals surface area contributed by atoms with Crippen molar-refractivity contribution in [1.29, 1.82) is 0 Å². The Morgan fingerprint density at radius 2 is 1.46 bits per heavy atom. The summed E-state index contributed by atoms with van der Waals surface area (Å²) in [6.07, 6.45) is -4.65. The van der Waals surface area contributed by atoms with Crippen molar-refractivity contribution < 1.29 is 35.9 Å². The van der Waals surface area contributed by atoms with E-state index in [0.717, 1.165) is 23.9 Å². The van der Waals surface area contributed by atoms with E-state index < -0.39 is 41.0 Å². The Balaban J connectivity index is 1.54. The number of rotatable bonds is 5. The first kappa shape index (κ1) is 26.0. The third kappa shape index (κ3) is 5.70. The van der Waals surface area contributed by atoms with Crippen molar-refractivity contribution in [1.82, 2.24) is 34.9 Å². The molecule has 1 aromatic carbocycles. The molecule has 2 amide bonds. The number of alkyl halides is 6. The number of aromatic nitrogens is 5. The van der Waals surface area contributed by atoms with Crippen LogP contribution in [0.3, 0.4) is 0 Å². The highest BCUT2D eigenvalue weighted by Gasteiger charge is 2.37. The molecule has 37 heavy (non-hydrogen) atoms. The fraction of sp³-hybridized carbons (Fsp3) is 0.364. The minimum Gasteiger partial charge on any atom is -0.342 e. The summed E-state index contributed by atoms with van der Waals surface area (Å²) >= 11 is 0. The number of carbonyl (C=O) groups excluding carboxylic acids is 2. The molecule has 0 unspecified atom stereocenters. The lowest BCUT2D eigenvalue weighted by molar-refractivity contribution is -0.143. The number of nitrogens with one attached hydrogen (secondary N) is 1. The van der Waals surface area contributed by atoms with Gasteiger partial charge in [0.15, 0.2) is 5.82 Å². The molecule has 2 aromatic heterocycles. The lowest BCUT2D eigenvalue weighted by Gasteiger charge is -2.17. The van der Waals surface area contributed by atoms with E-state index >= 15 is 0 Å². The Kier molecular flexibility index (Phi) is 6.88. The molecule has 196 valence electrons. The molecule has 1 N–H and O–H groups in total. The summed E-state index contributed by atoms with van der Waals surface area (Å²) in [6, 6.07) is -0.414. The van der Waals surface area contributed by atoms with Gasteiger partial charge in [-0.15, -0.1) is 0 Å². The van der Waals surface area contributed by atoms with Gasteiger partial charge in [-0.3, -0.25) is 9.59 Å². The van der Waals surface area contributed by atoms with Crippen molar-refractivity contribution in [3.63, 3.8) is 0 Å². The third-order valence-corrected chi connectivity index (χ3v) is 5.63. The minimum absolute atomic E-state index is 0.00926. The highest BCUT2D eigenvalue weighted by molar-refractivity contribution is 5.95. The van der Waals surface area contributed by atoms with E-state index in [0.29, 0.717) is 25.2 Å². The first-order chi connectivity index (χ1) is 17.3. The molecule has 4 rings (SSSR count). The van der Waals surface area contributed by atoms with E-state index in [9.17, 15) is 35.9 Å². The van der Waals surface area contributed by atoms with Gasteiger partial charge in [0.05, 0.1) is 22.7 Å². The molecule has 1 aliphatic heterocycles. The van der Waals surface area contributed by atoms with Crippen LogP contribution < -0.4 is 5.32 Å². The largest absolute Gasteiger partial charge is 0.416 e. The van der Waals surface area contributed by atoms with E-state index in [4.69, 9.17) is 0 Å². The van der Waals surface area contributed by atoms with Crippen LogP contribution in [0, 0.1) is 0 Å². The number of benzene rings is 1. The van der Waals surface area contributed by atoms with Crippen LogP contribution in [0.2, 0.25) is 0 Å². The van der Waals surface area contributed by atoms with Crippen LogP contribution in [0.1, 0.15) is 63.5 Å². The third-order valence-electron chi connectivity index (χ3n) is 5.63. The first-order valence-corrected chi connectivity index (χ1v) is 11.0. The van der Waals surface area contributed by atoms with Gasteiger partial charge in [-0.25, -0.2) is 15.0 Å². The number of nitrogens with zero attached hydrogens (tertiary/aromatic N) is 6. The van der Waals surface area contributed by atoms with Crippen LogP contribution in [0.15, 0.2) is 36.9 Å². The molecule has 1 saturated heterocycles. The number of hydrogen-bond donors (Lipinski definition) is 1. The monoisotopic (exact) mass is 527 g/mol. The molecule has 1 atom stereocenters. The molecule has 0 bridgehead atoms. The van der Waals surface area contributed by atoms with Crippen molar-refractivity contribution in [3.8, 4) is 5.95 Å². The van der Waals surface area contributed by atoms with E-state index in [1.54, 1.807) is 4.90 Å². The van der Waals surface area contributed by atoms with Crippen molar-refractivity contribution in [2.75, 3.05) is 13.1 Å². The molecule has 1 aliphatic rings. The van der Waals surface area contributed by atoms with Crippen molar-refractivity contribution in [3.05, 3.63) is 65.0 Å². The summed E-state index contributed by atoms with van der Waals surface area (Å²) < 4.78 is 79.9. The van der Waals surface area contributed by atoms with Gasteiger partial charge in [0, 0.05) is 31.0 Å². The number of likely N-dealkylation sites (tertiary alicyclic amines) is 1. The maximum absolute atomic E-state index is 13.1. The number of amides is 2. The summed E-state index contributed by atoms with van der Waals surface area (Å²) in [5, 5.41) is 6.29. The van der Waals surface area contributed by atoms with Gasteiger partial charge in [0.25, 0.3) is 17.8 Å². The van der Waals surface area contributed by atoms with Crippen molar-refractivity contribution in [2.24, 2.45) is 0 Å². The molecule has 3 aromatic rings. The van der Waals surface area contributed by atoms with Gasteiger partial charge in [-0.05, 0) is 38.0 Å². The molecule has 1 fully saturated rings. The zero-order valence-electron chi connectivity index (χ0n) is 19.1. The highest BCUT2D eigenvalue weighted by Crippen LogP contribution is 2.36. The lowest BCUT2D eigenvalue weighted by atomic mass is 10.0. The zero-order chi connectivity index (χ0) is 27.0. The molecule has 9 nitrogen and oxygen atoms in total. The van der Waals surface area contributed by atoms with Gasteiger partial charge in [0.2, 0.25) is 0 Å². The summed E-state index contributed by atoms with van der Waals surface area (Å²) in [7, 11) is 0. The normalized spacial score (nSPS) is 15.1. The Morgan fingerprint density at radius 3 is 2.00 bits per heavy atom. The second-order valence-electron chi connectivity index (χ2n) is 8.29. The summed E-state index contributed by atoms with van der Waals surface area (Å²) in [4.78, 5) is 39.0. The van der Waals surface area contributed by atoms with Crippen LogP contribution in [0.25, 0.3) is 5.95 Å². The Bertz CT molecular complexity index is 1270. The fourth-order valence-corrected chi connectivity index (χ4v) is 3.77. The van der Waals surface area contributed by atoms with Crippen LogP contribution in [-0.2, 0) is 12.4 Å². The van der Waals surface area contributed by atoms with E-state index in [1.165, 1.54) is 19.3 Å². The average Bonchev–Trinajstić information content (AvgIpc) is 3.55. The molecule has 0 saturated carbocycles. The SMILES string of the molecule is C[C@H](NC(=O)c1cc(C(F)(F)F)cc(C(F)(F)F)c1)c1ncnn1-c1ncc(C(=O)N2CCCC2)cn1. The van der Waals surface area contributed by atoms with Gasteiger partial charge in [-0.2, -0.15) is 36.1 Å². The Morgan fingerprint density at radius 1 is 0.892 bits per heavy atom. The van der Waals surface area contributed by atoms with Gasteiger partial charge >= 0.3 is 12.4 Å². The van der Waals surface area contributed by atoms with Gasteiger partial charge < -0.3 is 10.2 Å². The molecular formula is C22H19F6N7O2. The summed E-state index contributed by atoms with van der Waals surface area (Å²) in [6.45, 7) is 2.69. The maximum Gasteiger partial charge on any atom is 0.416 e. The molecule has 3 heterocycles. The second-order valence-corrected chi connectivity index (χ2v) is 8.29. The van der Waals surface area contributed by atoms with E-state index in [1.807, 2.05) is 0 Å². The van der Waals surface area contributed by atoms with Crippen LogP contribution in [-0.4, -0.2) is 54.5 Å². The van der Waals surface area contributed by atoms with Crippen molar-refractivity contribution >= 4 is 11.8 Å². The lowest BCUT2D eigenvalue weighted by Crippen LogP contribution is -2.30. The topological polar surface area (TPSA) is 106 Å². The number of hydrogen-bond acceptors (Lipinski definition) is 6. The summed E-state index contributed by atoms with van der Waals surface area (Å²) in [5.41, 5.74) is -3.79. The second kappa shape index (κ2) is 9.78. The average molecular weight is 527 g/mol. The Labute approximate surface area is 205 Å². The van der Waals surface area contributed by atoms with E-state index in [-0.39, 0.29) is 29.3 Å². The minimum atomic E-state index is -5.10. The van der Waals surface area contributed by atoms with Gasteiger partial charge in [0.1, 0.15) is 6.33 Å². The molecule has 15 heteroatoms. The van der Waals surface area contributed by atoms with Crippen LogP contribution >= 0.6 is 0 Å². The summed E-state index contributed by atoms with van der Waals surface area (Å²) in [5.74, 6) is -1.37. The molecule has 0 spiro atoms. The number of carbonyl (C=O) groups is 2. The van der Waals surface area contributed by atoms with E-state index in [2.05, 4.69) is 25.4 Å². The smallest absolute Gasteiger partial charge is 0.342 e. The predicted molar refractivity (Wildman–Crippen MR) is 114 cm³/mol. The van der Waals surface area contributed by atoms with Crippen LogP contribution in [0.5, 0.6) is 0 Å². The molecule has 0 aliphatic carbocycles. The van der Waals surface area contributed by atoms with Crippen molar-refractivity contribution in [2.45, 2.75) is 38.2 Å². The molecule has 0 radical (unpaired) electrons. The van der Waals surface area contributed by atoms with Gasteiger partial charge in [-0.1, -0.05) is 0 Å². The standard InChI is InChI=1S/C22H19F6N7O2/c1-12(33-18(36)13-6-15(21(23,24)25)8-16(7-13)22(26,27)28)17-31-11-32-35(17)20-29-9-14(10-30-20)19(37)34-4-2-3-5-34/h6-12H,2-5H2,1H3,(H,33,36)/t12-/m0/s1. The predicted octanol–water partition coefficient (Wildman–Crippen LogP) is 3.82. The Hall–Kier alpha value is -4.04. The first-order valence-electron chi connectivity index (χ1n) is 11.0. The number of halogens is 6. The molecular weight excluding hydrogens is 508 g/mol. The van der Waals surface area contributed by atoms with Crippen LogP contribution in [0.4, 0.5) is 26.3 Å².